The lowest BCUT2D eigenvalue weighted by Crippen LogP contribution is -2.06. The maximum Gasteiger partial charge on any atom is 0.416 e. The van der Waals surface area contributed by atoms with Crippen molar-refractivity contribution in [1.82, 2.24) is 0 Å². The Hall–Kier alpha value is -2.10. The van der Waals surface area contributed by atoms with E-state index in [4.69, 9.17) is 0 Å². The minimum atomic E-state index is -4.35. The molecule has 0 radical (unpaired) electrons. The van der Waals surface area contributed by atoms with E-state index in [1.54, 1.807) is 12.1 Å². The average molecular weight is 278 g/mol. The molecule has 0 aromatic heterocycles. The molecule has 0 heterocycles. The zero-order chi connectivity index (χ0) is 14.8. The number of carbonyl (C=O) groups is 1. The summed E-state index contributed by atoms with van der Waals surface area (Å²) in [5, 5.41) is 0. The van der Waals surface area contributed by atoms with Gasteiger partial charge >= 0.3 is 6.18 Å². The second-order valence-corrected chi connectivity index (χ2v) is 4.66. The SMILES string of the molecule is Cc1ccc(C(=O)Cc2ccc(C(F)(F)F)cc2)cc1. The van der Waals surface area contributed by atoms with Crippen molar-refractivity contribution in [2.45, 2.75) is 19.5 Å². The number of ketones is 1. The second-order valence-electron chi connectivity index (χ2n) is 4.66. The van der Waals surface area contributed by atoms with Crippen LogP contribution < -0.4 is 0 Å². The number of aryl methyl sites for hydroxylation is 1. The van der Waals surface area contributed by atoms with Crippen molar-refractivity contribution in [2.75, 3.05) is 0 Å². The smallest absolute Gasteiger partial charge is 0.294 e. The van der Waals surface area contributed by atoms with Crippen molar-refractivity contribution >= 4 is 5.78 Å². The number of halogens is 3. The normalized spacial score (nSPS) is 11.4. The lowest BCUT2D eigenvalue weighted by Gasteiger charge is -2.07. The molecular weight excluding hydrogens is 265 g/mol. The summed E-state index contributed by atoms with van der Waals surface area (Å²) < 4.78 is 37.3. The van der Waals surface area contributed by atoms with Crippen LogP contribution in [0.3, 0.4) is 0 Å². The molecule has 1 nitrogen and oxygen atoms in total. The Kier molecular flexibility index (Phi) is 3.93. The average Bonchev–Trinajstić information content (AvgIpc) is 2.39. The van der Waals surface area contributed by atoms with Gasteiger partial charge in [-0.25, -0.2) is 0 Å². The van der Waals surface area contributed by atoms with Crippen LogP contribution in [0.15, 0.2) is 48.5 Å². The number of carbonyl (C=O) groups excluding carboxylic acids is 1. The van der Waals surface area contributed by atoms with E-state index in [-0.39, 0.29) is 12.2 Å². The maximum atomic E-state index is 12.4. The summed E-state index contributed by atoms with van der Waals surface area (Å²) in [6, 6.07) is 11.8. The van der Waals surface area contributed by atoms with Gasteiger partial charge in [-0.3, -0.25) is 4.79 Å². The summed E-state index contributed by atoms with van der Waals surface area (Å²) >= 11 is 0. The first-order valence-corrected chi connectivity index (χ1v) is 6.12. The Morgan fingerprint density at radius 3 is 2.00 bits per heavy atom. The molecule has 0 fully saturated rings. The van der Waals surface area contributed by atoms with E-state index in [9.17, 15) is 18.0 Å². The molecule has 0 aliphatic rings. The van der Waals surface area contributed by atoms with Gasteiger partial charge < -0.3 is 0 Å². The summed E-state index contributed by atoms with van der Waals surface area (Å²) in [6.07, 6.45) is -4.25. The second kappa shape index (κ2) is 5.49. The van der Waals surface area contributed by atoms with Gasteiger partial charge in [-0.2, -0.15) is 13.2 Å². The third kappa shape index (κ3) is 3.47. The Bertz CT molecular complexity index is 595. The Morgan fingerprint density at radius 1 is 0.950 bits per heavy atom. The molecular formula is C16H13F3O. The number of alkyl halides is 3. The highest BCUT2D eigenvalue weighted by atomic mass is 19.4. The standard InChI is InChI=1S/C16H13F3O/c1-11-2-6-13(7-3-11)15(20)10-12-4-8-14(9-5-12)16(17,18)19/h2-9H,10H2,1H3. The lowest BCUT2D eigenvalue weighted by molar-refractivity contribution is -0.137. The van der Waals surface area contributed by atoms with Gasteiger partial charge in [-0.15, -0.1) is 0 Å². The van der Waals surface area contributed by atoms with Crippen LogP contribution in [-0.2, 0) is 12.6 Å². The maximum absolute atomic E-state index is 12.4. The van der Waals surface area contributed by atoms with Crippen LogP contribution in [0, 0.1) is 6.92 Å². The molecule has 0 aliphatic heterocycles. The molecule has 20 heavy (non-hydrogen) atoms. The lowest BCUT2D eigenvalue weighted by atomic mass is 10.0. The Balaban J connectivity index is 2.10. The summed E-state index contributed by atoms with van der Waals surface area (Å²) in [4.78, 5) is 12.0. The van der Waals surface area contributed by atoms with Gasteiger partial charge in [0.25, 0.3) is 0 Å². The molecule has 0 unspecified atom stereocenters. The Morgan fingerprint density at radius 2 is 1.50 bits per heavy atom. The molecule has 0 aliphatic carbocycles. The zero-order valence-corrected chi connectivity index (χ0v) is 10.9. The highest BCUT2D eigenvalue weighted by molar-refractivity contribution is 5.97. The van der Waals surface area contributed by atoms with E-state index in [0.29, 0.717) is 11.1 Å². The number of benzene rings is 2. The van der Waals surface area contributed by atoms with Crippen LogP contribution in [0.4, 0.5) is 13.2 Å². The number of rotatable bonds is 3. The van der Waals surface area contributed by atoms with Gasteiger partial charge in [0, 0.05) is 12.0 Å². The molecule has 2 rings (SSSR count). The molecule has 0 saturated carbocycles. The fraction of sp³-hybridized carbons (Fsp3) is 0.188. The summed E-state index contributed by atoms with van der Waals surface area (Å²) in [6.45, 7) is 1.92. The molecule has 0 atom stereocenters. The predicted molar refractivity (Wildman–Crippen MR) is 70.7 cm³/mol. The first-order chi connectivity index (χ1) is 9.36. The van der Waals surface area contributed by atoms with Crippen LogP contribution >= 0.6 is 0 Å². The van der Waals surface area contributed by atoms with Gasteiger partial charge in [0.05, 0.1) is 5.56 Å². The van der Waals surface area contributed by atoms with Crippen LogP contribution in [0.5, 0.6) is 0 Å². The summed E-state index contributed by atoms with van der Waals surface area (Å²) in [5.41, 5.74) is 1.49. The first kappa shape index (κ1) is 14.3. The monoisotopic (exact) mass is 278 g/mol. The van der Waals surface area contributed by atoms with Crippen molar-refractivity contribution in [3.63, 3.8) is 0 Å². The fourth-order valence-corrected chi connectivity index (χ4v) is 1.84. The largest absolute Gasteiger partial charge is 0.416 e. The minimum Gasteiger partial charge on any atom is -0.294 e. The van der Waals surface area contributed by atoms with Gasteiger partial charge in [0.2, 0.25) is 0 Å². The van der Waals surface area contributed by atoms with Crippen LogP contribution in [0.1, 0.15) is 27.0 Å². The van der Waals surface area contributed by atoms with E-state index < -0.39 is 11.7 Å². The van der Waals surface area contributed by atoms with Crippen LogP contribution in [0.2, 0.25) is 0 Å². The molecule has 0 spiro atoms. The summed E-state index contributed by atoms with van der Waals surface area (Å²) in [5.74, 6) is -0.107. The van der Waals surface area contributed by atoms with E-state index in [2.05, 4.69) is 0 Å². The van der Waals surface area contributed by atoms with Crippen molar-refractivity contribution in [2.24, 2.45) is 0 Å². The molecule has 4 heteroatoms. The van der Waals surface area contributed by atoms with Gasteiger partial charge in [-0.05, 0) is 24.6 Å². The first-order valence-electron chi connectivity index (χ1n) is 6.12. The quantitative estimate of drug-likeness (QED) is 0.759. The molecule has 0 saturated heterocycles. The van der Waals surface area contributed by atoms with E-state index in [1.807, 2.05) is 19.1 Å². The van der Waals surface area contributed by atoms with Gasteiger partial charge in [0.15, 0.2) is 5.78 Å². The van der Waals surface area contributed by atoms with Crippen molar-refractivity contribution < 1.29 is 18.0 Å². The molecule has 0 N–H and O–H groups in total. The number of hydrogen-bond donors (Lipinski definition) is 0. The third-order valence-corrected chi connectivity index (χ3v) is 3.02. The highest BCUT2D eigenvalue weighted by Crippen LogP contribution is 2.29. The zero-order valence-electron chi connectivity index (χ0n) is 10.9. The van der Waals surface area contributed by atoms with E-state index in [0.717, 1.165) is 17.7 Å². The summed E-state index contributed by atoms with van der Waals surface area (Å²) in [7, 11) is 0. The van der Waals surface area contributed by atoms with Crippen LogP contribution in [0.25, 0.3) is 0 Å². The minimum absolute atomic E-state index is 0.0984. The molecule has 104 valence electrons. The molecule has 2 aromatic carbocycles. The van der Waals surface area contributed by atoms with Crippen molar-refractivity contribution in [1.29, 1.82) is 0 Å². The van der Waals surface area contributed by atoms with Crippen LogP contribution in [-0.4, -0.2) is 5.78 Å². The Labute approximate surface area is 115 Å². The molecule has 2 aromatic rings. The molecule has 0 amide bonds. The predicted octanol–water partition coefficient (Wildman–Crippen LogP) is 4.44. The third-order valence-electron chi connectivity index (χ3n) is 3.02. The van der Waals surface area contributed by atoms with Crippen molar-refractivity contribution in [3.8, 4) is 0 Å². The molecule has 0 bridgehead atoms. The number of Topliss-reactive ketones (excluding diaryl/α,β-unsaturated/α-hetero) is 1. The van der Waals surface area contributed by atoms with E-state index >= 15 is 0 Å². The fourth-order valence-electron chi connectivity index (χ4n) is 1.84. The van der Waals surface area contributed by atoms with Crippen molar-refractivity contribution in [3.05, 3.63) is 70.8 Å². The number of hydrogen-bond acceptors (Lipinski definition) is 1. The van der Waals surface area contributed by atoms with Gasteiger partial charge in [-0.1, -0.05) is 42.0 Å². The highest BCUT2D eigenvalue weighted by Gasteiger charge is 2.29. The van der Waals surface area contributed by atoms with Gasteiger partial charge in [0.1, 0.15) is 0 Å². The topological polar surface area (TPSA) is 17.1 Å². The van der Waals surface area contributed by atoms with E-state index in [1.165, 1.54) is 12.1 Å².